The monoisotopic (exact) mass is 270 g/mol. The normalized spacial score (nSPS) is 13.6. The number of nitrogens with zero attached hydrogens (tertiary/aromatic N) is 1. The highest BCUT2D eigenvalue weighted by atomic mass is 35.5. The van der Waals surface area contributed by atoms with E-state index in [1.807, 2.05) is 0 Å². The van der Waals surface area contributed by atoms with E-state index in [1.54, 1.807) is 0 Å². The van der Waals surface area contributed by atoms with Gasteiger partial charge in [-0.3, -0.25) is 0 Å². The van der Waals surface area contributed by atoms with Crippen molar-refractivity contribution in [3.05, 3.63) is 29.8 Å². The van der Waals surface area contributed by atoms with E-state index < -0.39 is 0 Å². The zero-order chi connectivity index (χ0) is 12.8. The minimum atomic E-state index is 0. The van der Waals surface area contributed by atoms with Crippen LogP contribution in [0, 0.1) is 5.92 Å². The van der Waals surface area contributed by atoms with Crippen molar-refractivity contribution in [2.45, 2.75) is 40.2 Å². The van der Waals surface area contributed by atoms with Gasteiger partial charge in [-0.15, -0.1) is 12.4 Å². The topological polar surface area (TPSA) is 29.3 Å². The maximum atomic E-state index is 6.23. The summed E-state index contributed by atoms with van der Waals surface area (Å²) in [4.78, 5) is 2.35. The van der Waals surface area contributed by atoms with E-state index in [4.69, 9.17) is 5.73 Å². The van der Waals surface area contributed by atoms with Gasteiger partial charge in [0.1, 0.15) is 0 Å². The number of nitrogens with two attached hydrogens (primary N) is 1. The van der Waals surface area contributed by atoms with Crippen LogP contribution < -0.4 is 10.6 Å². The number of benzene rings is 1. The van der Waals surface area contributed by atoms with Crippen molar-refractivity contribution in [1.82, 2.24) is 0 Å². The number of hydrogen-bond donors (Lipinski definition) is 1. The summed E-state index contributed by atoms with van der Waals surface area (Å²) < 4.78 is 0. The maximum absolute atomic E-state index is 6.23. The zero-order valence-electron chi connectivity index (χ0n) is 12.0. The van der Waals surface area contributed by atoms with Crippen LogP contribution in [0.5, 0.6) is 0 Å². The zero-order valence-corrected chi connectivity index (χ0v) is 12.8. The molecule has 0 spiro atoms. The van der Waals surface area contributed by atoms with Crippen molar-refractivity contribution in [1.29, 1.82) is 0 Å². The minimum Gasteiger partial charge on any atom is -0.372 e. The number of rotatable bonds is 6. The lowest BCUT2D eigenvalue weighted by atomic mass is 9.93. The van der Waals surface area contributed by atoms with Crippen LogP contribution in [0.15, 0.2) is 24.3 Å². The van der Waals surface area contributed by atoms with Crippen molar-refractivity contribution in [3.8, 4) is 0 Å². The second kappa shape index (κ2) is 8.39. The Kier molecular flexibility index (Phi) is 8.05. The second-order valence-electron chi connectivity index (χ2n) is 4.68. The van der Waals surface area contributed by atoms with Crippen molar-refractivity contribution >= 4 is 18.1 Å². The Morgan fingerprint density at radius 2 is 1.56 bits per heavy atom. The van der Waals surface area contributed by atoms with Gasteiger partial charge in [0.25, 0.3) is 0 Å². The van der Waals surface area contributed by atoms with Gasteiger partial charge in [-0.1, -0.05) is 32.4 Å². The molecular formula is C15H27ClN2. The average molecular weight is 271 g/mol. The van der Waals surface area contributed by atoms with Gasteiger partial charge in [-0.2, -0.15) is 0 Å². The van der Waals surface area contributed by atoms with Gasteiger partial charge in [0.05, 0.1) is 0 Å². The van der Waals surface area contributed by atoms with E-state index in [0.717, 1.165) is 19.5 Å². The highest BCUT2D eigenvalue weighted by molar-refractivity contribution is 5.85. The van der Waals surface area contributed by atoms with Gasteiger partial charge in [-0.25, -0.2) is 0 Å². The van der Waals surface area contributed by atoms with Crippen LogP contribution in [0.3, 0.4) is 0 Å². The number of hydrogen-bond acceptors (Lipinski definition) is 2. The molecule has 0 aliphatic carbocycles. The predicted octanol–water partition coefficient (Wildman–Crippen LogP) is 4.00. The van der Waals surface area contributed by atoms with Crippen LogP contribution >= 0.6 is 12.4 Å². The van der Waals surface area contributed by atoms with Crippen molar-refractivity contribution in [2.75, 3.05) is 18.0 Å². The fourth-order valence-corrected chi connectivity index (χ4v) is 2.08. The van der Waals surface area contributed by atoms with Gasteiger partial charge < -0.3 is 10.6 Å². The lowest BCUT2D eigenvalue weighted by Crippen LogP contribution is -2.22. The van der Waals surface area contributed by atoms with Crippen LogP contribution in [-0.4, -0.2) is 13.1 Å². The molecule has 0 aliphatic heterocycles. The van der Waals surface area contributed by atoms with Crippen LogP contribution in [-0.2, 0) is 0 Å². The Morgan fingerprint density at radius 3 is 1.94 bits per heavy atom. The predicted molar refractivity (Wildman–Crippen MR) is 83.6 cm³/mol. The fraction of sp³-hybridized carbons (Fsp3) is 0.600. The number of anilines is 1. The molecule has 2 nitrogen and oxygen atoms in total. The molecule has 0 radical (unpaired) electrons. The highest BCUT2D eigenvalue weighted by Gasteiger charge is 2.13. The lowest BCUT2D eigenvalue weighted by Gasteiger charge is -2.23. The molecule has 3 heteroatoms. The van der Waals surface area contributed by atoms with E-state index in [1.165, 1.54) is 11.3 Å². The van der Waals surface area contributed by atoms with Crippen LogP contribution in [0.2, 0.25) is 0 Å². The van der Waals surface area contributed by atoms with Gasteiger partial charge in [0, 0.05) is 24.8 Å². The Labute approximate surface area is 118 Å². The van der Waals surface area contributed by atoms with E-state index in [-0.39, 0.29) is 18.4 Å². The largest absolute Gasteiger partial charge is 0.372 e. The molecule has 0 aromatic heterocycles. The molecule has 0 bridgehead atoms. The first-order valence-corrected chi connectivity index (χ1v) is 6.74. The van der Waals surface area contributed by atoms with E-state index in [9.17, 15) is 0 Å². The fourth-order valence-electron chi connectivity index (χ4n) is 2.08. The molecule has 1 aromatic carbocycles. The van der Waals surface area contributed by atoms with Gasteiger partial charge in [0.2, 0.25) is 0 Å². The van der Waals surface area contributed by atoms with E-state index >= 15 is 0 Å². The first-order valence-electron chi connectivity index (χ1n) is 6.74. The molecule has 1 unspecified atom stereocenters. The van der Waals surface area contributed by atoms with Crippen molar-refractivity contribution in [2.24, 2.45) is 11.7 Å². The lowest BCUT2D eigenvalue weighted by molar-refractivity contribution is 0.457. The summed E-state index contributed by atoms with van der Waals surface area (Å²) in [5.74, 6) is 0.536. The third-order valence-corrected chi connectivity index (χ3v) is 3.66. The summed E-state index contributed by atoms with van der Waals surface area (Å²) in [5, 5.41) is 0. The SMILES string of the molecule is CCC(C)[C@H](N)c1ccc(N(CC)CC)cc1.Cl. The second-order valence-corrected chi connectivity index (χ2v) is 4.68. The average Bonchev–Trinajstić information content (AvgIpc) is 2.39. The van der Waals surface area contributed by atoms with Crippen molar-refractivity contribution < 1.29 is 0 Å². The minimum absolute atomic E-state index is 0. The first-order chi connectivity index (χ1) is 8.13. The Hall–Kier alpha value is -0.730. The molecule has 0 saturated heterocycles. The Morgan fingerprint density at radius 1 is 1.06 bits per heavy atom. The molecule has 0 amide bonds. The van der Waals surface area contributed by atoms with Crippen molar-refractivity contribution in [3.63, 3.8) is 0 Å². The van der Waals surface area contributed by atoms with E-state index in [2.05, 4.69) is 56.9 Å². The van der Waals surface area contributed by atoms with Gasteiger partial charge in [0.15, 0.2) is 0 Å². The van der Waals surface area contributed by atoms with Crippen LogP contribution in [0.1, 0.15) is 45.7 Å². The molecule has 18 heavy (non-hydrogen) atoms. The standard InChI is InChI=1S/C15H26N2.ClH/c1-5-12(4)15(16)13-8-10-14(11-9-13)17(6-2)7-3;/h8-12,15H,5-7,16H2,1-4H3;1H/t12?,15-;/m0./s1. The molecule has 0 aliphatic rings. The molecule has 2 atom stereocenters. The molecular weight excluding hydrogens is 244 g/mol. The number of halogens is 1. The molecule has 1 rings (SSSR count). The third kappa shape index (κ3) is 4.18. The summed E-state index contributed by atoms with van der Waals surface area (Å²) in [6.07, 6.45) is 1.12. The molecule has 1 aromatic rings. The molecule has 2 N–H and O–H groups in total. The smallest absolute Gasteiger partial charge is 0.0366 e. The summed E-state index contributed by atoms with van der Waals surface area (Å²) >= 11 is 0. The molecule has 104 valence electrons. The molecule has 0 fully saturated rings. The maximum Gasteiger partial charge on any atom is 0.0366 e. The first kappa shape index (κ1) is 17.3. The molecule has 0 heterocycles. The summed E-state index contributed by atoms with van der Waals surface area (Å²) in [7, 11) is 0. The summed E-state index contributed by atoms with van der Waals surface area (Å²) in [6, 6.07) is 8.87. The quantitative estimate of drug-likeness (QED) is 0.847. The van der Waals surface area contributed by atoms with Gasteiger partial charge >= 0.3 is 0 Å². The molecule has 0 saturated carbocycles. The Balaban J connectivity index is 0.00000289. The Bertz CT molecular complexity index is 320. The van der Waals surface area contributed by atoms with Gasteiger partial charge in [-0.05, 0) is 37.5 Å². The summed E-state index contributed by atoms with van der Waals surface area (Å²) in [5.41, 5.74) is 8.76. The van der Waals surface area contributed by atoms with E-state index in [0.29, 0.717) is 5.92 Å². The van der Waals surface area contributed by atoms with Crippen LogP contribution in [0.4, 0.5) is 5.69 Å². The third-order valence-electron chi connectivity index (χ3n) is 3.66. The van der Waals surface area contributed by atoms with Crippen LogP contribution in [0.25, 0.3) is 0 Å². The highest BCUT2D eigenvalue weighted by Crippen LogP contribution is 2.24. The summed E-state index contributed by atoms with van der Waals surface area (Å²) in [6.45, 7) is 10.9.